The lowest BCUT2D eigenvalue weighted by Crippen LogP contribution is -2.07. The number of nitriles is 1. The molecule has 0 spiro atoms. The standard InChI is InChI=1S/C18H14ClFN2O3/c1-24-17-10-12(2-6-16(17)25-9-8-21)3-7-18(23)22-13-4-5-15(20)14(19)11-13/h2-7,10-11H,9H2,1H3,(H,22,23)/b7-3+. The Hall–Kier alpha value is -3.04. The summed E-state index contributed by atoms with van der Waals surface area (Å²) in [6.07, 6.45) is 2.90. The molecular formula is C18H14ClFN2O3. The number of benzene rings is 2. The summed E-state index contributed by atoms with van der Waals surface area (Å²) < 4.78 is 23.5. The molecule has 0 atom stereocenters. The monoisotopic (exact) mass is 360 g/mol. The molecule has 1 amide bonds. The van der Waals surface area contributed by atoms with E-state index in [1.807, 2.05) is 6.07 Å². The maximum Gasteiger partial charge on any atom is 0.248 e. The topological polar surface area (TPSA) is 71.3 Å². The smallest absolute Gasteiger partial charge is 0.248 e. The third-order valence-electron chi connectivity index (χ3n) is 3.09. The van der Waals surface area contributed by atoms with Crippen LogP contribution in [0.1, 0.15) is 5.56 Å². The summed E-state index contributed by atoms with van der Waals surface area (Å²) in [5.74, 6) is -0.0674. The molecule has 2 aromatic carbocycles. The number of nitrogens with one attached hydrogen (secondary N) is 1. The minimum Gasteiger partial charge on any atom is -0.493 e. The van der Waals surface area contributed by atoms with E-state index in [0.717, 1.165) is 0 Å². The Morgan fingerprint density at radius 2 is 2.12 bits per heavy atom. The quantitative estimate of drug-likeness (QED) is 0.789. The highest BCUT2D eigenvalue weighted by atomic mass is 35.5. The Morgan fingerprint density at radius 1 is 1.32 bits per heavy atom. The molecule has 128 valence electrons. The van der Waals surface area contributed by atoms with Crippen LogP contribution >= 0.6 is 11.6 Å². The maximum atomic E-state index is 13.1. The number of hydrogen-bond donors (Lipinski definition) is 1. The first-order valence-corrected chi connectivity index (χ1v) is 7.53. The average Bonchev–Trinajstić information content (AvgIpc) is 2.61. The summed E-state index contributed by atoms with van der Waals surface area (Å²) in [5.41, 5.74) is 1.09. The van der Waals surface area contributed by atoms with Gasteiger partial charge in [-0.15, -0.1) is 0 Å². The molecule has 0 aliphatic carbocycles. The van der Waals surface area contributed by atoms with E-state index in [2.05, 4.69) is 5.32 Å². The molecule has 5 nitrogen and oxygen atoms in total. The highest BCUT2D eigenvalue weighted by Crippen LogP contribution is 2.28. The number of hydrogen-bond acceptors (Lipinski definition) is 4. The van der Waals surface area contributed by atoms with Gasteiger partial charge in [0.05, 0.1) is 12.1 Å². The minimum absolute atomic E-state index is 0.0699. The summed E-state index contributed by atoms with van der Waals surface area (Å²) in [4.78, 5) is 11.9. The van der Waals surface area contributed by atoms with Gasteiger partial charge in [-0.25, -0.2) is 4.39 Å². The SMILES string of the molecule is COc1cc(/C=C/C(=O)Nc2ccc(F)c(Cl)c2)ccc1OCC#N. The van der Waals surface area contributed by atoms with E-state index in [0.29, 0.717) is 22.7 Å². The molecule has 0 saturated carbocycles. The Balaban J connectivity index is 2.06. The van der Waals surface area contributed by atoms with E-state index in [-0.39, 0.29) is 11.6 Å². The second kappa shape index (κ2) is 8.71. The Labute approximate surface area is 149 Å². The van der Waals surface area contributed by atoms with Crippen molar-refractivity contribution in [2.75, 3.05) is 19.0 Å². The molecule has 0 heterocycles. The van der Waals surface area contributed by atoms with E-state index < -0.39 is 11.7 Å². The zero-order valence-electron chi connectivity index (χ0n) is 13.3. The number of rotatable bonds is 6. The molecule has 25 heavy (non-hydrogen) atoms. The van der Waals surface area contributed by atoms with Crippen molar-refractivity contribution in [1.82, 2.24) is 0 Å². The number of halogens is 2. The number of nitrogens with zero attached hydrogens (tertiary/aromatic N) is 1. The number of anilines is 1. The normalized spacial score (nSPS) is 10.3. The summed E-state index contributed by atoms with van der Waals surface area (Å²) in [7, 11) is 1.48. The zero-order chi connectivity index (χ0) is 18.2. The fourth-order valence-corrected chi connectivity index (χ4v) is 2.13. The highest BCUT2D eigenvalue weighted by Gasteiger charge is 2.06. The number of ether oxygens (including phenoxy) is 2. The van der Waals surface area contributed by atoms with Crippen LogP contribution in [-0.2, 0) is 4.79 Å². The molecular weight excluding hydrogens is 347 g/mol. The van der Waals surface area contributed by atoms with Gasteiger partial charge in [0, 0.05) is 11.8 Å². The van der Waals surface area contributed by atoms with E-state index in [1.165, 1.54) is 31.4 Å². The molecule has 2 rings (SSSR count). The van der Waals surface area contributed by atoms with Crippen LogP contribution in [0, 0.1) is 17.1 Å². The third-order valence-corrected chi connectivity index (χ3v) is 3.38. The van der Waals surface area contributed by atoms with Gasteiger partial charge < -0.3 is 14.8 Å². The molecule has 0 bridgehead atoms. The molecule has 0 aliphatic rings. The van der Waals surface area contributed by atoms with Gasteiger partial charge in [-0.3, -0.25) is 4.79 Å². The van der Waals surface area contributed by atoms with Crippen molar-refractivity contribution in [1.29, 1.82) is 5.26 Å². The summed E-state index contributed by atoms with van der Waals surface area (Å²) in [5, 5.41) is 11.1. The van der Waals surface area contributed by atoms with Crippen molar-refractivity contribution < 1.29 is 18.7 Å². The van der Waals surface area contributed by atoms with Gasteiger partial charge in [0.2, 0.25) is 5.91 Å². The minimum atomic E-state index is -0.555. The van der Waals surface area contributed by atoms with Crippen LogP contribution in [0.3, 0.4) is 0 Å². The van der Waals surface area contributed by atoms with Crippen molar-refractivity contribution in [2.24, 2.45) is 0 Å². The summed E-state index contributed by atoms with van der Waals surface area (Å²) in [6.45, 7) is -0.0891. The predicted molar refractivity (Wildman–Crippen MR) is 93.2 cm³/mol. The van der Waals surface area contributed by atoms with Crippen molar-refractivity contribution in [2.45, 2.75) is 0 Å². The Morgan fingerprint density at radius 3 is 2.80 bits per heavy atom. The van der Waals surface area contributed by atoms with Crippen molar-refractivity contribution >= 4 is 29.3 Å². The molecule has 0 aliphatic heterocycles. The number of methoxy groups -OCH3 is 1. The average molecular weight is 361 g/mol. The lowest BCUT2D eigenvalue weighted by molar-refractivity contribution is -0.111. The van der Waals surface area contributed by atoms with Crippen LogP contribution in [0.25, 0.3) is 6.08 Å². The largest absolute Gasteiger partial charge is 0.493 e. The first-order chi connectivity index (χ1) is 12.0. The predicted octanol–water partition coefficient (Wildman–Crippen LogP) is 4.04. The lowest BCUT2D eigenvalue weighted by atomic mass is 10.2. The Bertz CT molecular complexity index is 847. The third kappa shape index (κ3) is 5.23. The van der Waals surface area contributed by atoms with Crippen LogP contribution in [0.15, 0.2) is 42.5 Å². The van der Waals surface area contributed by atoms with E-state index >= 15 is 0 Å². The lowest BCUT2D eigenvalue weighted by Gasteiger charge is -2.08. The molecule has 0 fully saturated rings. The number of carbonyl (C=O) groups is 1. The zero-order valence-corrected chi connectivity index (χ0v) is 14.0. The van der Waals surface area contributed by atoms with Gasteiger partial charge in [0.25, 0.3) is 0 Å². The summed E-state index contributed by atoms with van der Waals surface area (Å²) >= 11 is 5.66. The van der Waals surface area contributed by atoms with Crippen LogP contribution < -0.4 is 14.8 Å². The molecule has 0 aromatic heterocycles. The van der Waals surface area contributed by atoms with Crippen LogP contribution in [0.4, 0.5) is 10.1 Å². The van der Waals surface area contributed by atoms with Gasteiger partial charge in [-0.2, -0.15) is 5.26 Å². The molecule has 0 radical (unpaired) electrons. The van der Waals surface area contributed by atoms with Crippen molar-refractivity contribution in [3.8, 4) is 17.6 Å². The van der Waals surface area contributed by atoms with E-state index in [9.17, 15) is 9.18 Å². The molecule has 2 aromatic rings. The number of amides is 1. The van der Waals surface area contributed by atoms with Gasteiger partial charge in [0.1, 0.15) is 11.9 Å². The van der Waals surface area contributed by atoms with Gasteiger partial charge in [0.15, 0.2) is 18.1 Å². The highest BCUT2D eigenvalue weighted by molar-refractivity contribution is 6.31. The molecule has 1 N–H and O–H groups in total. The van der Waals surface area contributed by atoms with Gasteiger partial charge >= 0.3 is 0 Å². The first kappa shape index (κ1) is 18.3. The van der Waals surface area contributed by atoms with Crippen LogP contribution in [0.2, 0.25) is 5.02 Å². The molecule has 0 saturated heterocycles. The summed E-state index contributed by atoms with van der Waals surface area (Å²) in [6, 6.07) is 10.8. The first-order valence-electron chi connectivity index (χ1n) is 7.15. The fourth-order valence-electron chi connectivity index (χ4n) is 1.95. The van der Waals surface area contributed by atoms with Gasteiger partial charge in [-0.05, 0) is 42.0 Å². The molecule has 7 heteroatoms. The van der Waals surface area contributed by atoms with Crippen LogP contribution in [0.5, 0.6) is 11.5 Å². The maximum absolute atomic E-state index is 13.1. The second-order valence-corrected chi connectivity index (χ2v) is 5.22. The Kier molecular flexibility index (Phi) is 6.38. The van der Waals surface area contributed by atoms with E-state index in [4.69, 9.17) is 26.3 Å². The van der Waals surface area contributed by atoms with Gasteiger partial charge in [-0.1, -0.05) is 17.7 Å². The second-order valence-electron chi connectivity index (χ2n) is 4.81. The molecule has 0 unspecified atom stereocenters. The number of carbonyl (C=O) groups excluding carboxylic acids is 1. The van der Waals surface area contributed by atoms with E-state index in [1.54, 1.807) is 24.3 Å². The van der Waals surface area contributed by atoms with Crippen molar-refractivity contribution in [3.05, 3.63) is 58.9 Å². The van der Waals surface area contributed by atoms with Crippen molar-refractivity contribution in [3.63, 3.8) is 0 Å². The fraction of sp³-hybridized carbons (Fsp3) is 0.111. The van der Waals surface area contributed by atoms with Crippen LogP contribution in [-0.4, -0.2) is 19.6 Å².